The average Bonchev–Trinajstić information content (AvgIpc) is 2.80. The number of hydrogen-bond donors (Lipinski definition) is 4. The van der Waals surface area contributed by atoms with Gasteiger partial charge in [-0.25, -0.2) is 8.42 Å². The molecule has 0 bridgehead atoms. The lowest BCUT2D eigenvalue weighted by Gasteiger charge is -2.13. The molecule has 0 spiro atoms. The van der Waals surface area contributed by atoms with Crippen molar-refractivity contribution in [2.24, 2.45) is 10.2 Å². The number of hydrogen-bond acceptors (Lipinski definition) is 7. The number of benzene rings is 4. The summed E-state index contributed by atoms with van der Waals surface area (Å²) >= 11 is 5.84. The quantitative estimate of drug-likeness (QED) is 0.216. The molecule has 4 rings (SSSR count). The monoisotopic (exact) mass is 497 g/mol. The molecule has 4 aromatic carbocycles. The van der Waals surface area contributed by atoms with Crippen LogP contribution in [0.1, 0.15) is 10.4 Å². The summed E-state index contributed by atoms with van der Waals surface area (Å²) in [6.07, 6.45) is 0. The number of anilines is 1. The lowest BCUT2D eigenvalue weighted by molar-refractivity contribution is 0.0992. The van der Waals surface area contributed by atoms with Crippen molar-refractivity contribution in [1.29, 1.82) is 0 Å². The molecule has 0 heterocycles. The molecule has 1 amide bonds. The van der Waals surface area contributed by atoms with E-state index in [1.807, 2.05) is 0 Å². The predicted octanol–water partition coefficient (Wildman–Crippen LogP) is 5.33. The first-order valence-electron chi connectivity index (χ1n) is 9.67. The topological polar surface area (TPSA) is 149 Å². The van der Waals surface area contributed by atoms with Crippen LogP contribution in [0, 0.1) is 0 Å². The molecule has 0 fully saturated rings. The summed E-state index contributed by atoms with van der Waals surface area (Å²) in [7, 11) is -4.02. The molecule has 0 aromatic heterocycles. The van der Waals surface area contributed by atoms with Gasteiger partial charge in [0.05, 0.1) is 16.1 Å². The van der Waals surface area contributed by atoms with Crippen molar-refractivity contribution in [3.05, 3.63) is 83.4 Å². The van der Waals surface area contributed by atoms with Crippen LogP contribution in [0.2, 0.25) is 5.02 Å². The van der Waals surface area contributed by atoms with E-state index in [2.05, 4.69) is 15.0 Å². The minimum absolute atomic E-state index is 0.0322. The second-order valence-corrected chi connectivity index (χ2v) is 9.22. The summed E-state index contributed by atoms with van der Waals surface area (Å²) < 4.78 is 28.3. The highest BCUT2D eigenvalue weighted by molar-refractivity contribution is 7.92. The Morgan fingerprint density at radius 1 is 0.882 bits per heavy atom. The number of halogens is 1. The fourth-order valence-corrected chi connectivity index (χ4v) is 4.37. The third kappa shape index (κ3) is 4.63. The molecule has 172 valence electrons. The van der Waals surface area contributed by atoms with E-state index in [-0.39, 0.29) is 38.7 Å². The smallest absolute Gasteiger partial charge is 0.299 e. The normalized spacial score (nSPS) is 11.7. The van der Waals surface area contributed by atoms with Crippen LogP contribution in [0.5, 0.6) is 17.2 Å². The van der Waals surface area contributed by atoms with Crippen LogP contribution in [0.15, 0.2) is 87.9 Å². The summed E-state index contributed by atoms with van der Waals surface area (Å²) in [5, 5.41) is 38.2. The number of azo groups is 1. The van der Waals surface area contributed by atoms with E-state index in [0.29, 0.717) is 10.4 Å². The summed E-state index contributed by atoms with van der Waals surface area (Å²) in [6, 6.07) is 16.6. The minimum Gasteiger partial charge on any atom is -0.508 e. The summed E-state index contributed by atoms with van der Waals surface area (Å²) in [5.74, 6) is -2.00. The van der Waals surface area contributed by atoms with E-state index in [4.69, 9.17) is 11.6 Å². The zero-order chi connectivity index (χ0) is 24.5. The molecule has 9 nitrogen and oxygen atoms in total. The highest BCUT2D eigenvalue weighted by Crippen LogP contribution is 2.40. The number of nitrogens with one attached hydrogen (secondary N) is 1. The Morgan fingerprint density at radius 3 is 2.24 bits per heavy atom. The number of carbonyl (C=O) groups is 1. The fourth-order valence-electron chi connectivity index (χ4n) is 3.18. The van der Waals surface area contributed by atoms with Crippen molar-refractivity contribution in [2.45, 2.75) is 4.90 Å². The van der Waals surface area contributed by atoms with Crippen LogP contribution in [-0.2, 0) is 10.0 Å². The van der Waals surface area contributed by atoms with Gasteiger partial charge in [-0.3, -0.25) is 9.52 Å². The van der Waals surface area contributed by atoms with Gasteiger partial charge in [-0.05, 0) is 42.5 Å². The van der Waals surface area contributed by atoms with Gasteiger partial charge in [-0.2, -0.15) is 0 Å². The fraction of sp³-hybridized carbons (Fsp3) is 0. The highest BCUT2D eigenvalue weighted by Gasteiger charge is 2.19. The number of aromatic hydroxyl groups is 3. The molecule has 0 unspecified atom stereocenters. The van der Waals surface area contributed by atoms with Crippen LogP contribution in [0.3, 0.4) is 0 Å². The SMILES string of the molecule is O=C(N=Nc1cc(NS(=O)(=O)c2ccc(Cl)cc2)c2ccccc2c1O)c1ccc(O)cc1O. The Morgan fingerprint density at radius 2 is 1.56 bits per heavy atom. The molecule has 34 heavy (non-hydrogen) atoms. The molecule has 4 N–H and O–H groups in total. The van der Waals surface area contributed by atoms with Crippen LogP contribution >= 0.6 is 11.6 Å². The molecule has 0 aliphatic rings. The maximum absolute atomic E-state index is 12.9. The number of amides is 1. The van der Waals surface area contributed by atoms with Crippen molar-refractivity contribution < 1.29 is 28.5 Å². The molecule has 0 aliphatic carbocycles. The summed E-state index contributed by atoms with van der Waals surface area (Å²) in [6.45, 7) is 0. The first-order chi connectivity index (χ1) is 16.2. The number of rotatable bonds is 5. The second kappa shape index (κ2) is 9.00. The highest BCUT2D eigenvalue weighted by atomic mass is 35.5. The third-order valence-corrected chi connectivity index (χ3v) is 6.46. The number of fused-ring (bicyclic) bond motifs is 1. The van der Waals surface area contributed by atoms with Crippen molar-refractivity contribution in [3.63, 3.8) is 0 Å². The van der Waals surface area contributed by atoms with Crippen molar-refractivity contribution >= 4 is 49.7 Å². The van der Waals surface area contributed by atoms with Crippen LogP contribution < -0.4 is 4.72 Å². The predicted molar refractivity (Wildman–Crippen MR) is 126 cm³/mol. The van der Waals surface area contributed by atoms with Crippen molar-refractivity contribution in [3.8, 4) is 17.2 Å². The maximum Gasteiger partial charge on any atom is 0.299 e. The van der Waals surface area contributed by atoms with E-state index in [9.17, 15) is 28.5 Å². The first-order valence-corrected chi connectivity index (χ1v) is 11.5. The summed E-state index contributed by atoms with van der Waals surface area (Å²) in [4.78, 5) is 12.3. The van der Waals surface area contributed by atoms with E-state index in [0.717, 1.165) is 12.1 Å². The van der Waals surface area contributed by atoms with Crippen molar-refractivity contribution in [1.82, 2.24) is 0 Å². The van der Waals surface area contributed by atoms with Crippen LogP contribution in [0.25, 0.3) is 10.8 Å². The Hall–Kier alpha value is -4.15. The molecule has 0 saturated carbocycles. The van der Waals surface area contributed by atoms with Crippen LogP contribution in [0.4, 0.5) is 11.4 Å². The Labute approximate surface area is 198 Å². The molecule has 0 atom stereocenters. The largest absolute Gasteiger partial charge is 0.508 e. The Bertz CT molecular complexity index is 1550. The molecular weight excluding hydrogens is 482 g/mol. The van der Waals surface area contributed by atoms with Gasteiger partial charge in [0.1, 0.15) is 17.2 Å². The molecule has 0 radical (unpaired) electrons. The molecule has 0 saturated heterocycles. The third-order valence-electron chi connectivity index (χ3n) is 4.82. The van der Waals surface area contributed by atoms with Gasteiger partial charge in [0.2, 0.25) is 0 Å². The van der Waals surface area contributed by atoms with Gasteiger partial charge in [0, 0.05) is 21.9 Å². The number of sulfonamides is 1. The molecule has 0 aliphatic heterocycles. The summed E-state index contributed by atoms with van der Waals surface area (Å²) in [5.41, 5.74) is -0.304. The number of carbonyl (C=O) groups excluding carboxylic acids is 1. The minimum atomic E-state index is -4.02. The van der Waals surface area contributed by atoms with E-state index < -0.39 is 21.7 Å². The Kier molecular flexibility index (Phi) is 6.10. The van der Waals surface area contributed by atoms with E-state index >= 15 is 0 Å². The second-order valence-electron chi connectivity index (χ2n) is 7.10. The lowest BCUT2D eigenvalue weighted by atomic mass is 10.1. The zero-order valence-electron chi connectivity index (χ0n) is 17.2. The first kappa shape index (κ1) is 23.0. The van der Waals surface area contributed by atoms with Gasteiger partial charge < -0.3 is 15.3 Å². The number of phenols is 3. The molecular formula is C23H16ClN3O6S. The Balaban J connectivity index is 1.75. The van der Waals surface area contributed by atoms with Crippen molar-refractivity contribution in [2.75, 3.05) is 4.72 Å². The number of phenolic OH excluding ortho intramolecular Hbond substituents is 3. The van der Waals surface area contributed by atoms with E-state index in [1.54, 1.807) is 24.3 Å². The van der Waals surface area contributed by atoms with Gasteiger partial charge in [-0.15, -0.1) is 10.2 Å². The van der Waals surface area contributed by atoms with E-state index in [1.165, 1.54) is 36.4 Å². The van der Waals surface area contributed by atoms with Crippen LogP contribution in [-0.4, -0.2) is 29.6 Å². The maximum atomic E-state index is 12.9. The lowest BCUT2D eigenvalue weighted by Crippen LogP contribution is -2.13. The van der Waals surface area contributed by atoms with Gasteiger partial charge in [-0.1, -0.05) is 35.9 Å². The number of nitrogens with zero attached hydrogens (tertiary/aromatic N) is 2. The average molecular weight is 498 g/mol. The zero-order valence-corrected chi connectivity index (χ0v) is 18.7. The molecule has 11 heteroatoms. The standard InChI is InChI=1S/C23H16ClN3O6S/c24-13-5-8-15(9-6-13)34(32,33)27-19-12-20(22(30)17-4-2-1-3-16(17)19)25-26-23(31)18-10-7-14(28)11-21(18)29/h1-12,27-30H. The van der Waals surface area contributed by atoms with Gasteiger partial charge >= 0.3 is 0 Å². The van der Waals surface area contributed by atoms with Gasteiger partial charge in [0.15, 0.2) is 5.75 Å². The van der Waals surface area contributed by atoms with Gasteiger partial charge in [0.25, 0.3) is 15.9 Å². The molecule has 4 aromatic rings.